The Morgan fingerprint density at radius 1 is 1.12 bits per heavy atom. The summed E-state index contributed by atoms with van der Waals surface area (Å²) in [5, 5.41) is 0. The zero-order valence-electron chi connectivity index (χ0n) is 14.3. The van der Waals surface area contributed by atoms with Crippen molar-refractivity contribution in [3.8, 4) is 23.8 Å². The van der Waals surface area contributed by atoms with Gasteiger partial charge < -0.3 is 9.47 Å². The smallest absolute Gasteiger partial charge is 0.161 e. The summed E-state index contributed by atoms with van der Waals surface area (Å²) in [6.07, 6.45) is 6.52. The average Bonchev–Trinajstić information content (AvgIpc) is 2.81. The van der Waals surface area contributed by atoms with E-state index in [4.69, 9.17) is 15.9 Å². The van der Waals surface area contributed by atoms with Crippen LogP contribution in [0.4, 0.5) is 0 Å². The van der Waals surface area contributed by atoms with Crippen LogP contribution in [0.1, 0.15) is 22.6 Å². The van der Waals surface area contributed by atoms with E-state index in [-0.39, 0.29) is 5.92 Å². The van der Waals surface area contributed by atoms with E-state index in [1.54, 1.807) is 14.2 Å². The number of terminal acetylenes is 1. The van der Waals surface area contributed by atoms with Gasteiger partial charge in [-0.2, -0.15) is 0 Å². The summed E-state index contributed by atoms with van der Waals surface area (Å²) in [6, 6.07) is 14.8. The van der Waals surface area contributed by atoms with E-state index in [1.165, 1.54) is 16.7 Å². The first kappa shape index (κ1) is 16.4. The monoisotopic (exact) mass is 321 g/mol. The minimum Gasteiger partial charge on any atom is -0.493 e. The summed E-state index contributed by atoms with van der Waals surface area (Å²) in [7, 11) is 3.36. The zero-order valence-corrected chi connectivity index (χ0v) is 14.3. The molecule has 24 heavy (non-hydrogen) atoms. The third-order valence-electron chi connectivity index (χ3n) is 4.68. The summed E-state index contributed by atoms with van der Waals surface area (Å²) < 4.78 is 11.0. The summed E-state index contributed by atoms with van der Waals surface area (Å²) in [6.45, 7) is 2.54. The van der Waals surface area contributed by atoms with Crippen molar-refractivity contribution in [1.82, 2.24) is 4.90 Å². The fourth-order valence-electron chi connectivity index (χ4n) is 3.45. The maximum absolute atomic E-state index is 5.56. The van der Waals surface area contributed by atoms with Crippen molar-refractivity contribution in [1.29, 1.82) is 0 Å². The van der Waals surface area contributed by atoms with Crippen LogP contribution in [0.25, 0.3) is 0 Å². The Morgan fingerprint density at radius 3 is 2.50 bits per heavy atom. The number of ether oxygens (including phenoxy) is 2. The van der Waals surface area contributed by atoms with E-state index in [2.05, 4.69) is 53.3 Å². The molecule has 0 amide bonds. The van der Waals surface area contributed by atoms with Crippen molar-refractivity contribution < 1.29 is 9.47 Å². The van der Waals surface area contributed by atoms with Gasteiger partial charge in [0.25, 0.3) is 0 Å². The van der Waals surface area contributed by atoms with Crippen molar-refractivity contribution in [2.75, 3.05) is 33.9 Å². The second kappa shape index (κ2) is 7.42. The Hall–Kier alpha value is -2.44. The van der Waals surface area contributed by atoms with Gasteiger partial charge in [-0.3, -0.25) is 4.90 Å². The van der Waals surface area contributed by atoms with E-state index < -0.39 is 0 Å². The quantitative estimate of drug-likeness (QED) is 0.806. The van der Waals surface area contributed by atoms with E-state index in [0.717, 1.165) is 31.0 Å². The molecule has 0 saturated heterocycles. The largest absolute Gasteiger partial charge is 0.493 e. The molecule has 3 rings (SSSR count). The van der Waals surface area contributed by atoms with E-state index in [9.17, 15) is 0 Å². The molecule has 2 aromatic carbocycles. The average molecular weight is 321 g/mol. The van der Waals surface area contributed by atoms with Gasteiger partial charge in [-0.25, -0.2) is 0 Å². The lowest BCUT2D eigenvalue weighted by atomic mass is 9.87. The summed E-state index contributed by atoms with van der Waals surface area (Å²) in [5.41, 5.74) is 3.91. The van der Waals surface area contributed by atoms with Crippen molar-refractivity contribution in [2.24, 2.45) is 0 Å². The van der Waals surface area contributed by atoms with Crippen molar-refractivity contribution in [3.05, 3.63) is 59.2 Å². The molecule has 3 heteroatoms. The summed E-state index contributed by atoms with van der Waals surface area (Å²) in [4.78, 5) is 2.34. The highest BCUT2D eigenvalue weighted by atomic mass is 16.5. The molecular formula is C21H23NO2. The Balaban J connectivity index is 2.10. The van der Waals surface area contributed by atoms with Gasteiger partial charge in [-0.1, -0.05) is 36.3 Å². The molecule has 2 aromatic rings. The van der Waals surface area contributed by atoms with Crippen LogP contribution < -0.4 is 9.47 Å². The topological polar surface area (TPSA) is 21.7 Å². The molecule has 0 N–H and O–H groups in total. The summed E-state index contributed by atoms with van der Waals surface area (Å²) >= 11 is 0. The van der Waals surface area contributed by atoms with Gasteiger partial charge in [0.2, 0.25) is 0 Å². The van der Waals surface area contributed by atoms with Gasteiger partial charge in [-0.15, -0.1) is 6.42 Å². The van der Waals surface area contributed by atoms with Crippen LogP contribution in [0.2, 0.25) is 0 Å². The third kappa shape index (κ3) is 3.25. The number of benzene rings is 2. The number of hydrogen-bond donors (Lipinski definition) is 0. The molecule has 1 aliphatic heterocycles. The van der Waals surface area contributed by atoms with Gasteiger partial charge in [0.05, 0.1) is 20.8 Å². The van der Waals surface area contributed by atoms with Crippen LogP contribution in [0, 0.1) is 12.3 Å². The first-order valence-corrected chi connectivity index (χ1v) is 8.22. The zero-order chi connectivity index (χ0) is 16.9. The highest BCUT2D eigenvalue weighted by Gasteiger charge is 2.26. The Morgan fingerprint density at radius 2 is 1.83 bits per heavy atom. The molecule has 0 spiro atoms. The molecule has 0 fully saturated rings. The normalized spacial score (nSPS) is 17.5. The molecule has 0 aliphatic carbocycles. The van der Waals surface area contributed by atoms with E-state index >= 15 is 0 Å². The minimum atomic E-state index is 0.275. The lowest BCUT2D eigenvalue weighted by Gasteiger charge is -2.24. The standard InChI is InChI=1S/C21H23NO2/c1-4-11-22-12-10-17-13-20(23-2)21(24-3)14-18(17)19(15-22)16-8-6-5-7-9-16/h1,5-9,13-14,19H,10-12,15H2,2-3H3. The van der Waals surface area contributed by atoms with Crippen molar-refractivity contribution >= 4 is 0 Å². The molecule has 3 nitrogen and oxygen atoms in total. The maximum atomic E-state index is 5.56. The lowest BCUT2D eigenvalue weighted by Crippen LogP contribution is -2.29. The predicted molar refractivity (Wildman–Crippen MR) is 96.8 cm³/mol. The third-order valence-corrected chi connectivity index (χ3v) is 4.68. The van der Waals surface area contributed by atoms with E-state index in [0.29, 0.717) is 6.54 Å². The van der Waals surface area contributed by atoms with Crippen LogP contribution in [0.3, 0.4) is 0 Å². The fraction of sp³-hybridized carbons (Fsp3) is 0.333. The van der Waals surface area contributed by atoms with Crippen LogP contribution in [-0.4, -0.2) is 38.8 Å². The first-order chi connectivity index (χ1) is 11.8. The van der Waals surface area contributed by atoms with E-state index in [1.807, 2.05) is 0 Å². The molecule has 0 radical (unpaired) electrons. The SMILES string of the molecule is C#CCN1CCc2cc(OC)c(OC)cc2C(c2ccccc2)C1. The summed E-state index contributed by atoms with van der Waals surface area (Å²) in [5.74, 6) is 4.63. The number of methoxy groups -OCH3 is 2. The molecule has 1 atom stereocenters. The van der Waals surface area contributed by atoms with Crippen molar-refractivity contribution in [3.63, 3.8) is 0 Å². The molecule has 0 bridgehead atoms. The number of fused-ring (bicyclic) bond motifs is 1. The van der Waals surface area contributed by atoms with Gasteiger partial charge >= 0.3 is 0 Å². The molecular weight excluding hydrogens is 298 g/mol. The predicted octanol–water partition coefficient (Wildman–Crippen LogP) is 3.33. The van der Waals surface area contributed by atoms with Gasteiger partial charge in [0, 0.05) is 19.0 Å². The van der Waals surface area contributed by atoms with Crippen LogP contribution >= 0.6 is 0 Å². The molecule has 1 aliphatic rings. The van der Waals surface area contributed by atoms with Crippen molar-refractivity contribution in [2.45, 2.75) is 12.3 Å². The fourth-order valence-corrected chi connectivity index (χ4v) is 3.45. The van der Waals surface area contributed by atoms with Gasteiger partial charge in [0.1, 0.15) is 0 Å². The van der Waals surface area contributed by atoms with Gasteiger partial charge in [0.15, 0.2) is 11.5 Å². The second-order valence-corrected chi connectivity index (χ2v) is 6.06. The first-order valence-electron chi connectivity index (χ1n) is 8.22. The minimum absolute atomic E-state index is 0.275. The van der Waals surface area contributed by atoms with Gasteiger partial charge in [-0.05, 0) is 35.2 Å². The molecule has 0 saturated carbocycles. The highest BCUT2D eigenvalue weighted by Crippen LogP contribution is 2.38. The Bertz CT molecular complexity index is 733. The number of nitrogens with zero attached hydrogens (tertiary/aromatic N) is 1. The number of rotatable bonds is 4. The Kier molecular flexibility index (Phi) is 5.08. The molecule has 0 aromatic heterocycles. The van der Waals surface area contributed by atoms with Crippen LogP contribution in [0.5, 0.6) is 11.5 Å². The second-order valence-electron chi connectivity index (χ2n) is 6.06. The van der Waals surface area contributed by atoms with Crippen LogP contribution in [-0.2, 0) is 6.42 Å². The molecule has 1 heterocycles. The van der Waals surface area contributed by atoms with Crippen LogP contribution in [0.15, 0.2) is 42.5 Å². The molecule has 1 unspecified atom stereocenters. The lowest BCUT2D eigenvalue weighted by molar-refractivity contribution is 0.310. The number of hydrogen-bond acceptors (Lipinski definition) is 3. The maximum Gasteiger partial charge on any atom is 0.161 e. The Labute approximate surface area is 144 Å². The molecule has 124 valence electrons. The highest BCUT2D eigenvalue weighted by molar-refractivity contribution is 5.51.